The molecule has 2 aromatic rings. The van der Waals surface area contributed by atoms with Gasteiger partial charge in [0.1, 0.15) is 23.9 Å². The van der Waals surface area contributed by atoms with E-state index in [1.807, 2.05) is 0 Å². The molecule has 18 heteroatoms. The topological polar surface area (TPSA) is 262 Å². The number of nitrogens with zero attached hydrogens (tertiary/aromatic N) is 3. The van der Waals surface area contributed by atoms with Crippen molar-refractivity contribution in [2.75, 3.05) is 25.5 Å². The van der Waals surface area contributed by atoms with E-state index in [1.54, 1.807) is 12.1 Å². The fourth-order valence-electron chi connectivity index (χ4n) is 5.09. The molecule has 0 saturated carbocycles. The maximum Gasteiger partial charge on any atom is 0.306 e. The summed E-state index contributed by atoms with van der Waals surface area (Å²) in [6.07, 6.45) is 0.880. The van der Waals surface area contributed by atoms with E-state index in [9.17, 15) is 39.2 Å². The Morgan fingerprint density at radius 1 is 1.04 bits per heavy atom. The largest absolute Gasteiger partial charge is 0.508 e. The quantitative estimate of drug-likeness (QED) is 0.0357. The van der Waals surface area contributed by atoms with E-state index in [2.05, 4.69) is 25.7 Å². The first-order valence-corrected chi connectivity index (χ1v) is 15.2. The van der Waals surface area contributed by atoms with E-state index in [0.29, 0.717) is 24.8 Å². The van der Waals surface area contributed by atoms with Crippen LogP contribution in [0, 0.1) is 10.1 Å². The first kappa shape index (κ1) is 39.7. The van der Waals surface area contributed by atoms with Crippen molar-refractivity contribution >= 4 is 59.3 Å². The second-order valence-corrected chi connectivity index (χ2v) is 11.1. The normalized spacial score (nSPS) is 14.7. The van der Waals surface area contributed by atoms with Crippen LogP contribution in [0.1, 0.15) is 44.1 Å². The van der Waals surface area contributed by atoms with Crippen molar-refractivity contribution in [1.29, 1.82) is 0 Å². The minimum Gasteiger partial charge on any atom is -0.508 e. The maximum atomic E-state index is 13.8. The van der Waals surface area contributed by atoms with E-state index >= 15 is 0 Å². The van der Waals surface area contributed by atoms with Crippen LogP contribution in [0.25, 0.3) is 0 Å². The van der Waals surface area contributed by atoms with Crippen molar-refractivity contribution in [2.24, 2.45) is 16.5 Å². The number of amides is 4. The summed E-state index contributed by atoms with van der Waals surface area (Å²) in [7, 11) is 1.20. The van der Waals surface area contributed by atoms with Gasteiger partial charge in [0.25, 0.3) is 5.69 Å². The molecule has 2 aromatic carbocycles. The molecule has 1 heterocycles. The fourth-order valence-corrected chi connectivity index (χ4v) is 5.09. The smallest absolute Gasteiger partial charge is 0.306 e. The first-order valence-electron chi connectivity index (χ1n) is 15.2. The summed E-state index contributed by atoms with van der Waals surface area (Å²) in [6.45, 7) is 0.411. The number of esters is 1. The molecule has 49 heavy (non-hydrogen) atoms. The van der Waals surface area contributed by atoms with Gasteiger partial charge >= 0.3 is 5.97 Å². The number of hydrogen-bond donors (Lipinski definition) is 6. The lowest BCUT2D eigenvalue weighted by Crippen LogP contribution is -2.56. The van der Waals surface area contributed by atoms with Crippen molar-refractivity contribution in [3.05, 3.63) is 64.2 Å². The minimum atomic E-state index is -1.14. The zero-order valence-corrected chi connectivity index (χ0v) is 27.6. The lowest BCUT2D eigenvalue weighted by Gasteiger charge is -2.30. The fraction of sp³-hybridized carbons (Fsp3) is 0.419. The van der Waals surface area contributed by atoms with Gasteiger partial charge in [0.05, 0.1) is 18.5 Å². The summed E-state index contributed by atoms with van der Waals surface area (Å²) in [5.41, 5.74) is 11.5. The molecule has 17 nitrogen and oxygen atoms in total. The maximum absolute atomic E-state index is 13.8. The predicted octanol–water partition coefficient (Wildman–Crippen LogP) is 0.871. The van der Waals surface area contributed by atoms with Gasteiger partial charge in [-0.1, -0.05) is 12.1 Å². The van der Waals surface area contributed by atoms with Gasteiger partial charge in [-0.2, -0.15) is 0 Å². The van der Waals surface area contributed by atoms with E-state index in [0.717, 1.165) is 0 Å². The zero-order chi connectivity index (χ0) is 35.2. The molecule has 8 N–H and O–H groups in total. The summed E-state index contributed by atoms with van der Waals surface area (Å²) in [6, 6.07) is 8.10. The molecule has 1 saturated heterocycles. The van der Waals surface area contributed by atoms with Crippen LogP contribution in [0.5, 0.6) is 5.75 Å². The van der Waals surface area contributed by atoms with Crippen LogP contribution >= 0.6 is 12.4 Å². The van der Waals surface area contributed by atoms with Gasteiger partial charge in [0, 0.05) is 43.8 Å². The van der Waals surface area contributed by atoms with Gasteiger partial charge in [-0.3, -0.25) is 39.1 Å². The number of carbonyl (C=O) groups excluding carboxylic acids is 5. The first-order chi connectivity index (χ1) is 22.9. The molecule has 0 bridgehead atoms. The van der Waals surface area contributed by atoms with Gasteiger partial charge in [-0.05, 0) is 55.5 Å². The van der Waals surface area contributed by atoms with E-state index < -0.39 is 52.6 Å². The Hall–Kier alpha value is -5.45. The number of halogens is 1. The van der Waals surface area contributed by atoms with Crippen molar-refractivity contribution in [3.8, 4) is 5.75 Å². The Labute approximate surface area is 288 Å². The van der Waals surface area contributed by atoms with Gasteiger partial charge in [-0.15, -0.1) is 12.4 Å². The summed E-state index contributed by atoms with van der Waals surface area (Å²) in [5, 5.41) is 28.7. The number of nitrogens with two attached hydrogens (primary N) is 2. The van der Waals surface area contributed by atoms with Gasteiger partial charge in [-0.25, -0.2) is 0 Å². The van der Waals surface area contributed by atoms with Crippen molar-refractivity contribution in [1.82, 2.24) is 15.5 Å². The molecule has 0 radical (unpaired) electrons. The molecule has 0 aromatic heterocycles. The number of non-ortho nitro benzene ring substituents is 1. The summed E-state index contributed by atoms with van der Waals surface area (Å²) in [4.78, 5) is 80.8. The number of guanidine groups is 1. The number of methoxy groups -OCH3 is 1. The average molecular weight is 705 g/mol. The van der Waals surface area contributed by atoms with Crippen LogP contribution in [-0.4, -0.2) is 88.8 Å². The molecule has 4 amide bonds. The second kappa shape index (κ2) is 19.4. The summed E-state index contributed by atoms with van der Waals surface area (Å²) >= 11 is 0. The van der Waals surface area contributed by atoms with Crippen LogP contribution in [0.4, 0.5) is 11.4 Å². The molecular formula is C31H41ClN8O9. The van der Waals surface area contributed by atoms with Gasteiger partial charge < -0.3 is 42.2 Å². The highest BCUT2D eigenvalue weighted by Gasteiger charge is 2.38. The third-order valence-corrected chi connectivity index (χ3v) is 7.56. The Kier molecular flexibility index (Phi) is 15.7. The number of rotatable bonds is 16. The van der Waals surface area contributed by atoms with Gasteiger partial charge in [0.15, 0.2) is 5.96 Å². The predicted molar refractivity (Wildman–Crippen MR) is 181 cm³/mol. The number of ether oxygens (including phenoxy) is 1. The number of phenolic OH excluding ortho intramolecular Hbond substituents is 1. The highest BCUT2D eigenvalue weighted by molar-refractivity contribution is 5.99. The molecule has 0 aliphatic carbocycles. The number of nitro groups is 1. The number of nitrogens with one attached hydrogen (secondary N) is 3. The Morgan fingerprint density at radius 2 is 1.71 bits per heavy atom. The highest BCUT2D eigenvalue weighted by atomic mass is 35.5. The van der Waals surface area contributed by atoms with Crippen LogP contribution in [-0.2, 0) is 35.1 Å². The highest BCUT2D eigenvalue weighted by Crippen LogP contribution is 2.21. The third kappa shape index (κ3) is 12.6. The molecule has 266 valence electrons. The number of likely N-dealkylation sites (tertiary alicyclic amines) is 1. The van der Waals surface area contributed by atoms with Gasteiger partial charge in [0.2, 0.25) is 23.6 Å². The van der Waals surface area contributed by atoms with E-state index in [4.69, 9.17) is 11.5 Å². The van der Waals surface area contributed by atoms with Crippen LogP contribution in [0.15, 0.2) is 53.5 Å². The number of carbonyl (C=O) groups is 5. The molecular weight excluding hydrogens is 664 g/mol. The lowest BCUT2D eigenvalue weighted by atomic mass is 10.0. The van der Waals surface area contributed by atoms with E-state index in [-0.39, 0.29) is 74.3 Å². The Bertz CT molecular complexity index is 1500. The average Bonchev–Trinajstić information content (AvgIpc) is 3.56. The molecule has 3 rings (SSSR count). The second-order valence-electron chi connectivity index (χ2n) is 11.1. The number of anilines is 1. The number of aliphatic imine (C=N–C) groups is 1. The van der Waals surface area contributed by atoms with Crippen molar-refractivity contribution in [2.45, 2.75) is 63.1 Å². The molecule has 3 atom stereocenters. The molecule has 1 aliphatic heterocycles. The number of aromatic hydroxyl groups is 1. The van der Waals surface area contributed by atoms with Crippen LogP contribution in [0.3, 0.4) is 0 Å². The number of benzene rings is 2. The van der Waals surface area contributed by atoms with Crippen LogP contribution in [0.2, 0.25) is 0 Å². The molecule has 3 unspecified atom stereocenters. The molecule has 1 aliphatic rings. The van der Waals surface area contributed by atoms with Crippen molar-refractivity contribution in [3.63, 3.8) is 0 Å². The Balaban J connectivity index is 0.00000833. The molecule has 0 spiro atoms. The number of hydrogen-bond acceptors (Lipinski definition) is 10. The minimum absolute atomic E-state index is 0. The SMILES string of the molecule is COC(=O)CCC(=O)NC(CCCN=C(N)N)C(=O)N1CCCC1C(=O)NC(Cc1ccc(O)cc1)C(=O)Nc1ccc([N+](=O)[O-])cc1.Cl. The summed E-state index contributed by atoms with van der Waals surface area (Å²) < 4.78 is 4.57. The standard InChI is InChI=1S/C31H40N8O9.ClH/c1-48-27(42)15-14-26(41)36-23(4-2-16-34-31(32)33)30(45)38-17-3-5-25(38)29(44)37-24(18-19-6-12-22(40)13-7-19)28(43)35-20-8-10-21(11-9-20)39(46)47;/h6-13,23-25,40H,2-5,14-18H2,1H3,(H,35,43)(H,36,41)(H,37,44)(H4,32,33,34);1H. The molecule has 1 fully saturated rings. The van der Waals surface area contributed by atoms with Crippen molar-refractivity contribution < 1.29 is 38.7 Å². The van der Waals surface area contributed by atoms with E-state index in [1.165, 1.54) is 48.4 Å². The monoisotopic (exact) mass is 704 g/mol. The number of phenols is 1. The number of nitro benzene ring substituents is 1. The zero-order valence-electron chi connectivity index (χ0n) is 26.8. The van der Waals surface area contributed by atoms with Crippen LogP contribution < -0.4 is 27.4 Å². The lowest BCUT2D eigenvalue weighted by molar-refractivity contribution is -0.384. The third-order valence-electron chi connectivity index (χ3n) is 7.56. The summed E-state index contributed by atoms with van der Waals surface area (Å²) in [5.74, 6) is -2.99. The Morgan fingerprint density at radius 3 is 2.33 bits per heavy atom.